The standard InChI is InChI=1S/C23H18ClFN6O2/c1-13-7-16(8-26)28-19-18(13)20(32)31(12-27-19)9-17-29-21(30-33-17)22(2)10-23(25,11-22)14-3-5-15(24)6-4-14/h3-7,12H,9-11H2,1-2H3. The molecular weight excluding hydrogens is 447 g/mol. The maximum Gasteiger partial charge on any atom is 0.263 e. The van der Waals surface area contributed by atoms with E-state index in [9.17, 15) is 4.79 Å². The first kappa shape index (κ1) is 21.2. The Morgan fingerprint density at radius 1 is 1.27 bits per heavy atom. The van der Waals surface area contributed by atoms with E-state index in [4.69, 9.17) is 21.4 Å². The maximum atomic E-state index is 15.4. The maximum absolute atomic E-state index is 15.4. The molecule has 10 heteroatoms. The van der Waals surface area contributed by atoms with Crippen LogP contribution in [-0.4, -0.2) is 24.7 Å². The van der Waals surface area contributed by atoms with Crippen LogP contribution in [0.1, 0.15) is 48.3 Å². The van der Waals surface area contributed by atoms with Crippen molar-refractivity contribution in [1.82, 2.24) is 24.7 Å². The molecule has 0 radical (unpaired) electrons. The molecule has 4 aromatic rings. The summed E-state index contributed by atoms with van der Waals surface area (Å²) in [6, 6.07) is 10.2. The molecule has 0 N–H and O–H groups in total. The number of alkyl halides is 1. The number of benzene rings is 1. The molecular formula is C23H18ClFN6O2. The van der Waals surface area contributed by atoms with Gasteiger partial charge in [0.1, 0.15) is 30.3 Å². The summed E-state index contributed by atoms with van der Waals surface area (Å²) in [6.07, 6.45) is 1.76. The summed E-state index contributed by atoms with van der Waals surface area (Å²) < 4.78 is 22.1. The number of nitrogens with zero attached hydrogens (tertiary/aromatic N) is 6. The van der Waals surface area contributed by atoms with Gasteiger partial charge in [-0.1, -0.05) is 35.8 Å². The molecule has 8 nitrogen and oxygen atoms in total. The first-order chi connectivity index (χ1) is 15.7. The van der Waals surface area contributed by atoms with Crippen molar-refractivity contribution in [2.45, 2.75) is 44.3 Å². The number of fused-ring (bicyclic) bond motifs is 1. The molecule has 0 aliphatic heterocycles. The molecule has 0 unspecified atom stereocenters. The molecule has 0 saturated heterocycles. The van der Waals surface area contributed by atoms with Crippen molar-refractivity contribution in [3.05, 3.63) is 80.6 Å². The van der Waals surface area contributed by atoms with Crippen LogP contribution in [0.4, 0.5) is 4.39 Å². The number of halogens is 2. The topological polar surface area (TPSA) is 110 Å². The molecule has 1 aromatic carbocycles. The Morgan fingerprint density at radius 2 is 2.00 bits per heavy atom. The molecule has 3 heterocycles. The molecule has 3 aromatic heterocycles. The molecule has 1 saturated carbocycles. The van der Waals surface area contributed by atoms with Crippen molar-refractivity contribution in [2.75, 3.05) is 0 Å². The van der Waals surface area contributed by atoms with Crippen LogP contribution in [0.15, 0.2) is 46.0 Å². The summed E-state index contributed by atoms with van der Waals surface area (Å²) in [4.78, 5) is 25.7. The Hall–Kier alpha value is -3.64. The normalized spacial score (nSPS) is 22.2. The Bertz CT molecular complexity index is 1480. The number of aromatic nitrogens is 5. The number of rotatable bonds is 4. The number of nitriles is 1. The molecule has 0 bridgehead atoms. The van der Waals surface area contributed by atoms with Gasteiger partial charge in [0.2, 0.25) is 5.89 Å². The molecule has 0 atom stereocenters. The van der Waals surface area contributed by atoms with Crippen LogP contribution in [0.2, 0.25) is 5.02 Å². The van der Waals surface area contributed by atoms with Crippen molar-refractivity contribution >= 4 is 22.6 Å². The highest BCUT2D eigenvalue weighted by Gasteiger charge is 2.56. The van der Waals surface area contributed by atoms with Gasteiger partial charge in [-0.3, -0.25) is 9.36 Å². The van der Waals surface area contributed by atoms with E-state index >= 15 is 4.39 Å². The van der Waals surface area contributed by atoms with Crippen LogP contribution in [0.3, 0.4) is 0 Å². The van der Waals surface area contributed by atoms with Crippen LogP contribution in [0.5, 0.6) is 0 Å². The van der Waals surface area contributed by atoms with Crippen LogP contribution < -0.4 is 5.56 Å². The lowest BCUT2D eigenvalue weighted by atomic mass is 9.58. The molecule has 33 heavy (non-hydrogen) atoms. The van der Waals surface area contributed by atoms with Crippen LogP contribution >= 0.6 is 11.6 Å². The SMILES string of the molecule is Cc1cc(C#N)nc2ncn(Cc3nc(C4(C)CC(F)(c5ccc(Cl)cc5)C4)no3)c(=O)c12. The minimum atomic E-state index is -1.48. The summed E-state index contributed by atoms with van der Waals surface area (Å²) in [6.45, 7) is 3.63. The summed E-state index contributed by atoms with van der Waals surface area (Å²) in [5.41, 5.74) is -0.800. The number of hydrogen-bond donors (Lipinski definition) is 0. The highest BCUT2D eigenvalue weighted by atomic mass is 35.5. The molecule has 5 rings (SSSR count). The van der Waals surface area contributed by atoms with Crippen molar-refractivity contribution in [3.63, 3.8) is 0 Å². The third-order valence-electron chi connectivity index (χ3n) is 6.12. The largest absolute Gasteiger partial charge is 0.337 e. The van der Waals surface area contributed by atoms with Crippen LogP contribution in [0, 0.1) is 18.3 Å². The van der Waals surface area contributed by atoms with Gasteiger partial charge in [-0.15, -0.1) is 0 Å². The molecule has 1 fully saturated rings. The highest BCUT2D eigenvalue weighted by molar-refractivity contribution is 6.30. The second kappa shape index (κ2) is 7.46. The predicted molar refractivity (Wildman–Crippen MR) is 117 cm³/mol. The monoisotopic (exact) mass is 464 g/mol. The van der Waals surface area contributed by atoms with E-state index in [1.54, 1.807) is 37.3 Å². The predicted octanol–water partition coefficient (Wildman–Crippen LogP) is 3.97. The van der Waals surface area contributed by atoms with Crippen molar-refractivity contribution < 1.29 is 8.91 Å². The quantitative estimate of drug-likeness (QED) is 0.449. The zero-order valence-corrected chi connectivity index (χ0v) is 18.6. The number of aryl methyl sites for hydroxylation is 1. The Labute approximate surface area is 192 Å². The summed E-state index contributed by atoms with van der Waals surface area (Å²) in [5, 5.41) is 14.0. The second-order valence-corrected chi connectivity index (χ2v) is 9.15. The lowest BCUT2D eigenvalue weighted by Gasteiger charge is -2.48. The van der Waals surface area contributed by atoms with Crippen molar-refractivity contribution in [2.24, 2.45) is 0 Å². The van der Waals surface area contributed by atoms with Gasteiger partial charge in [-0.2, -0.15) is 10.2 Å². The second-order valence-electron chi connectivity index (χ2n) is 8.71. The minimum Gasteiger partial charge on any atom is -0.337 e. The van der Waals surface area contributed by atoms with Gasteiger partial charge in [-0.05, 0) is 49.1 Å². The van der Waals surface area contributed by atoms with Crippen molar-refractivity contribution in [3.8, 4) is 6.07 Å². The third-order valence-corrected chi connectivity index (χ3v) is 6.37. The molecule has 0 amide bonds. The first-order valence-electron chi connectivity index (χ1n) is 10.3. The van der Waals surface area contributed by atoms with Crippen molar-refractivity contribution in [1.29, 1.82) is 5.26 Å². The highest BCUT2D eigenvalue weighted by Crippen LogP contribution is 2.57. The Balaban J connectivity index is 1.38. The van der Waals surface area contributed by atoms with Gasteiger partial charge < -0.3 is 4.52 Å². The van der Waals surface area contributed by atoms with E-state index in [0.29, 0.717) is 27.4 Å². The smallest absolute Gasteiger partial charge is 0.263 e. The van der Waals surface area contributed by atoms with E-state index in [2.05, 4.69) is 20.1 Å². The van der Waals surface area contributed by atoms with Crippen LogP contribution in [-0.2, 0) is 17.6 Å². The summed E-state index contributed by atoms with van der Waals surface area (Å²) in [7, 11) is 0. The summed E-state index contributed by atoms with van der Waals surface area (Å²) >= 11 is 5.91. The number of hydrogen-bond acceptors (Lipinski definition) is 7. The van der Waals surface area contributed by atoms with E-state index < -0.39 is 11.1 Å². The van der Waals surface area contributed by atoms with Gasteiger partial charge in [0, 0.05) is 10.4 Å². The Morgan fingerprint density at radius 3 is 2.70 bits per heavy atom. The first-order valence-corrected chi connectivity index (χ1v) is 10.6. The Kier molecular flexibility index (Phi) is 4.79. The molecule has 0 spiro atoms. The summed E-state index contributed by atoms with van der Waals surface area (Å²) in [5.74, 6) is 0.620. The van der Waals surface area contributed by atoms with Gasteiger partial charge in [0.05, 0.1) is 5.39 Å². The lowest BCUT2D eigenvalue weighted by Crippen LogP contribution is -2.48. The molecule has 166 valence electrons. The van der Waals surface area contributed by atoms with Gasteiger partial charge in [-0.25, -0.2) is 14.4 Å². The van der Waals surface area contributed by atoms with Gasteiger partial charge >= 0.3 is 0 Å². The van der Waals surface area contributed by atoms with Crippen LogP contribution in [0.25, 0.3) is 11.0 Å². The van der Waals surface area contributed by atoms with E-state index in [0.717, 1.165) is 0 Å². The van der Waals surface area contributed by atoms with E-state index in [1.165, 1.54) is 10.9 Å². The zero-order valence-electron chi connectivity index (χ0n) is 17.8. The average molecular weight is 465 g/mol. The van der Waals surface area contributed by atoms with Gasteiger partial charge in [0.15, 0.2) is 11.5 Å². The lowest BCUT2D eigenvalue weighted by molar-refractivity contribution is -0.0191. The molecule has 1 aliphatic carbocycles. The number of pyridine rings is 1. The zero-order chi connectivity index (χ0) is 23.4. The average Bonchev–Trinajstić information content (AvgIpc) is 3.24. The third kappa shape index (κ3) is 3.56. The molecule has 1 aliphatic rings. The minimum absolute atomic E-state index is 0.0161. The fourth-order valence-electron chi connectivity index (χ4n) is 4.51. The fraction of sp³-hybridized carbons (Fsp3) is 0.304. The van der Waals surface area contributed by atoms with Gasteiger partial charge in [0.25, 0.3) is 5.56 Å². The fourth-order valence-corrected chi connectivity index (χ4v) is 4.64. The van der Waals surface area contributed by atoms with E-state index in [-0.39, 0.29) is 42.2 Å². The van der Waals surface area contributed by atoms with E-state index in [1.807, 2.05) is 13.0 Å².